The Balaban J connectivity index is 1.62. The van der Waals surface area contributed by atoms with E-state index in [9.17, 15) is 19.5 Å². The summed E-state index contributed by atoms with van der Waals surface area (Å²) < 4.78 is 16.6. The number of ketones is 1. The number of aliphatic carboxylic acids is 1. The molecule has 3 aromatic rings. The molecule has 1 aliphatic carbocycles. The molecule has 1 aliphatic heterocycles. The minimum Gasteiger partial charge on any atom is -0.493 e. The van der Waals surface area contributed by atoms with Gasteiger partial charge in [-0.05, 0) is 54.3 Å². The Morgan fingerprint density at radius 1 is 1.03 bits per heavy atom. The number of ether oxygens (including phenoxy) is 2. The Hall–Kier alpha value is -4.53. The van der Waals surface area contributed by atoms with Gasteiger partial charge in [-0.15, -0.1) is 0 Å². The first-order valence-electron chi connectivity index (χ1n) is 12.3. The lowest BCUT2D eigenvalue weighted by molar-refractivity contribution is -0.138. The Bertz CT molecular complexity index is 1410. The number of carbonyl (C=O) groups is 3. The van der Waals surface area contributed by atoms with Gasteiger partial charge in [0.05, 0.1) is 38.3 Å². The van der Waals surface area contributed by atoms with Crippen molar-refractivity contribution in [1.29, 1.82) is 0 Å². The Kier molecular flexibility index (Phi) is 6.91. The van der Waals surface area contributed by atoms with Gasteiger partial charge < -0.3 is 24.3 Å². The lowest BCUT2D eigenvalue weighted by Gasteiger charge is -2.33. The molecule has 2 aliphatic rings. The van der Waals surface area contributed by atoms with Crippen LogP contribution in [-0.2, 0) is 14.4 Å². The number of carboxylic acids is 1. The van der Waals surface area contributed by atoms with Gasteiger partial charge in [-0.2, -0.15) is 0 Å². The van der Waals surface area contributed by atoms with E-state index < -0.39 is 17.9 Å². The number of hydrogen-bond acceptors (Lipinski definition) is 7. The van der Waals surface area contributed by atoms with Crippen LogP contribution in [0.5, 0.6) is 11.5 Å². The molecule has 5 rings (SSSR count). The summed E-state index contributed by atoms with van der Waals surface area (Å²) in [5.41, 5.74) is 3.28. The van der Waals surface area contributed by atoms with Crippen LogP contribution < -0.4 is 19.7 Å². The monoisotopic (exact) mass is 516 g/mol. The molecule has 9 heteroatoms. The van der Waals surface area contributed by atoms with Gasteiger partial charge >= 0.3 is 5.97 Å². The quantitative estimate of drug-likeness (QED) is 0.447. The van der Waals surface area contributed by atoms with E-state index in [4.69, 9.17) is 13.9 Å². The molecular formula is C29H28N2O7. The van der Waals surface area contributed by atoms with Crippen LogP contribution in [0.15, 0.2) is 76.5 Å². The van der Waals surface area contributed by atoms with Crippen LogP contribution in [-0.4, -0.2) is 37.0 Å². The minimum absolute atomic E-state index is 0.122. The molecule has 2 N–H and O–H groups in total. The number of anilines is 2. The van der Waals surface area contributed by atoms with Crippen molar-refractivity contribution in [3.05, 3.63) is 83.5 Å². The third-order valence-corrected chi connectivity index (χ3v) is 7.00. The van der Waals surface area contributed by atoms with E-state index in [2.05, 4.69) is 5.32 Å². The van der Waals surface area contributed by atoms with Gasteiger partial charge in [-0.25, -0.2) is 0 Å². The number of methoxy groups -OCH3 is 2. The zero-order chi connectivity index (χ0) is 26.8. The highest BCUT2D eigenvalue weighted by Gasteiger charge is 2.42. The molecule has 0 fully saturated rings. The van der Waals surface area contributed by atoms with Crippen LogP contribution in [0.4, 0.5) is 11.4 Å². The summed E-state index contributed by atoms with van der Waals surface area (Å²) in [6.45, 7) is 0. The molecule has 0 radical (unpaired) electrons. The fourth-order valence-corrected chi connectivity index (χ4v) is 5.26. The average molecular weight is 517 g/mol. The first kappa shape index (κ1) is 25.1. The van der Waals surface area contributed by atoms with Gasteiger partial charge in [0.1, 0.15) is 11.8 Å². The van der Waals surface area contributed by atoms with Gasteiger partial charge in [-0.3, -0.25) is 19.3 Å². The van der Waals surface area contributed by atoms with Crippen molar-refractivity contribution in [2.75, 3.05) is 24.4 Å². The highest BCUT2D eigenvalue weighted by molar-refractivity contribution is 6.06. The standard InChI is InChI=1S/C29H28N2O7/c1-36-23-10-9-17(16-25(23)37-2)18-14-20-28(22(32)15-18)29(24-8-5-13-38-24)31(26(33)11-12-27(34)35)21-7-4-3-6-19(21)30-20/h3-10,13,16,18,29-30H,11-12,14-15H2,1-2H3,(H,34,35)/t18-,29-/m1/s1. The number of carbonyl (C=O) groups excluding carboxylic acids is 2. The molecule has 196 valence electrons. The summed E-state index contributed by atoms with van der Waals surface area (Å²) in [4.78, 5) is 40.2. The molecule has 0 saturated heterocycles. The molecule has 1 amide bonds. The van der Waals surface area contributed by atoms with Crippen molar-refractivity contribution in [2.24, 2.45) is 0 Å². The lowest BCUT2D eigenvalue weighted by atomic mass is 9.79. The van der Waals surface area contributed by atoms with Gasteiger partial charge in [0, 0.05) is 24.1 Å². The predicted molar refractivity (Wildman–Crippen MR) is 139 cm³/mol. The number of benzene rings is 2. The van der Waals surface area contributed by atoms with Crippen LogP contribution in [0, 0.1) is 0 Å². The number of amides is 1. The number of nitrogens with zero attached hydrogens (tertiary/aromatic N) is 1. The van der Waals surface area contributed by atoms with E-state index in [1.165, 1.54) is 11.2 Å². The number of para-hydroxylation sites is 2. The number of furan rings is 1. The van der Waals surface area contributed by atoms with E-state index in [1.807, 2.05) is 30.3 Å². The lowest BCUT2D eigenvalue weighted by Crippen LogP contribution is -2.38. The summed E-state index contributed by atoms with van der Waals surface area (Å²) in [5, 5.41) is 12.7. The predicted octanol–water partition coefficient (Wildman–Crippen LogP) is 5.06. The second kappa shape index (κ2) is 10.5. The molecule has 38 heavy (non-hydrogen) atoms. The third kappa shape index (κ3) is 4.63. The van der Waals surface area contributed by atoms with E-state index >= 15 is 0 Å². The van der Waals surface area contributed by atoms with Gasteiger partial charge in [-0.1, -0.05) is 18.2 Å². The van der Waals surface area contributed by atoms with Crippen LogP contribution in [0.25, 0.3) is 0 Å². The van der Waals surface area contributed by atoms with Crippen LogP contribution >= 0.6 is 0 Å². The molecule has 2 atom stereocenters. The van der Waals surface area contributed by atoms with Crippen molar-refractivity contribution in [3.63, 3.8) is 0 Å². The average Bonchev–Trinajstić information content (AvgIpc) is 3.40. The molecule has 2 aromatic carbocycles. The number of nitrogens with one attached hydrogen (secondary N) is 1. The first-order valence-corrected chi connectivity index (χ1v) is 12.3. The molecule has 0 spiro atoms. The zero-order valence-corrected chi connectivity index (χ0v) is 21.1. The maximum Gasteiger partial charge on any atom is 0.303 e. The van der Waals surface area contributed by atoms with Gasteiger partial charge in [0.25, 0.3) is 0 Å². The van der Waals surface area contributed by atoms with E-state index in [0.717, 1.165) is 5.56 Å². The molecule has 9 nitrogen and oxygen atoms in total. The third-order valence-electron chi connectivity index (χ3n) is 7.00. The summed E-state index contributed by atoms with van der Waals surface area (Å²) >= 11 is 0. The van der Waals surface area contributed by atoms with E-state index in [-0.39, 0.29) is 31.0 Å². The van der Waals surface area contributed by atoms with E-state index in [1.54, 1.807) is 38.5 Å². The SMILES string of the molecule is COc1ccc([C@H]2CC(=O)C3=C(C2)Nc2ccccc2N(C(=O)CCC(=O)O)[C@@H]3c2ccco2)cc1OC. The number of rotatable bonds is 7. The number of allylic oxidation sites excluding steroid dienone is 1. The normalized spacial score (nSPS) is 18.7. The highest BCUT2D eigenvalue weighted by atomic mass is 16.5. The Morgan fingerprint density at radius 3 is 2.53 bits per heavy atom. The maximum atomic E-state index is 13.9. The van der Waals surface area contributed by atoms with Crippen molar-refractivity contribution >= 4 is 29.0 Å². The summed E-state index contributed by atoms with van der Waals surface area (Å²) in [5.74, 6) is -0.117. The van der Waals surface area contributed by atoms with Crippen molar-refractivity contribution in [3.8, 4) is 11.5 Å². The Labute approximate surface area is 219 Å². The first-order chi connectivity index (χ1) is 18.4. The number of carboxylic acid groups (broad SMARTS) is 1. The van der Waals surface area contributed by atoms with Crippen molar-refractivity contribution in [2.45, 2.75) is 37.6 Å². The summed E-state index contributed by atoms with van der Waals surface area (Å²) in [7, 11) is 3.14. The van der Waals surface area contributed by atoms with Crippen molar-refractivity contribution < 1.29 is 33.4 Å². The van der Waals surface area contributed by atoms with Crippen LogP contribution in [0.2, 0.25) is 0 Å². The molecule has 0 saturated carbocycles. The summed E-state index contributed by atoms with van der Waals surface area (Å²) in [6, 6.07) is 15.5. The molecular weight excluding hydrogens is 488 g/mol. The van der Waals surface area contributed by atoms with E-state index in [0.29, 0.717) is 46.3 Å². The Morgan fingerprint density at radius 2 is 1.82 bits per heavy atom. The van der Waals surface area contributed by atoms with Crippen LogP contribution in [0.3, 0.4) is 0 Å². The number of Topliss-reactive ketones (excluding diaryl/α,β-unsaturated/α-hetero) is 1. The van der Waals surface area contributed by atoms with Gasteiger partial charge in [0.15, 0.2) is 17.3 Å². The minimum atomic E-state index is -1.07. The largest absolute Gasteiger partial charge is 0.493 e. The van der Waals surface area contributed by atoms with Gasteiger partial charge in [0.2, 0.25) is 5.91 Å². The highest BCUT2D eigenvalue weighted by Crippen LogP contribution is 2.48. The molecule has 0 unspecified atom stereocenters. The number of hydrogen-bond donors (Lipinski definition) is 2. The zero-order valence-electron chi connectivity index (χ0n) is 21.1. The molecule has 1 aromatic heterocycles. The topological polar surface area (TPSA) is 118 Å². The fraction of sp³-hybridized carbons (Fsp3) is 0.276. The summed E-state index contributed by atoms with van der Waals surface area (Å²) in [6.07, 6.45) is 1.70. The molecule has 2 heterocycles. The van der Waals surface area contributed by atoms with Crippen LogP contribution in [0.1, 0.15) is 49.0 Å². The second-order valence-electron chi connectivity index (χ2n) is 9.25. The fourth-order valence-electron chi connectivity index (χ4n) is 5.26. The molecule has 0 bridgehead atoms. The number of fused-ring (bicyclic) bond motifs is 1. The smallest absolute Gasteiger partial charge is 0.303 e. The van der Waals surface area contributed by atoms with Crippen molar-refractivity contribution in [1.82, 2.24) is 0 Å². The second-order valence-corrected chi connectivity index (χ2v) is 9.25. The maximum absolute atomic E-state index is 13.9.